The summed E-state index contributed by atoms with van der Waals surface area (Å²) in [5.41, 5.74) is 2.17. The predicted octanol–water partition coefficient (Wildman–Crippen LogP) is 2.25. The molecule has 1 unspecified atom stereocenters. The molecule has 2 aromatic rings. The lowest BCUT2D eigenvalue weighted by Gasteiger charge is -2.21. The summed E-state index contributed by atoms with van der Waals surface area (Å²) in [4.78, 5) is 13.5. The Morgan fingerprint density at radius 3 is 2.61 bits per heavy atom. The van der Waals surface area contributed by atoms with E-state index in [2.05, 4.69) is 17.4 Å². The molecule has 4 nitrogen and oxygen atoms in total. The molecule has 0 saturated carbocycles. The molecule has 0 aliphatic carbocycles. The Morgan fingerprint density at radius 1 is 1.30 bits per heavy atom. The van der Waals surface area contributed by atoms with Gasteiger partial charge in [0.05, 0.1) is 17.6 Å². The number of amides is 1. The highest BCUT2D eigenvalue weighted by atomic mass is 35.5. The van der Waals surface area contributed by atoms with E-state index in [4.69, 9.17) is 16.9 Å². The monoisotopic (exact) mass is 328 g/mol. The van der Waals surface area contributed by atoms with Crippen molar-refractivity contribution in [3.63, 3.8) is 0 Å². The first-order valence-electron chi connectivity index (χ1n) is 7.38. The average Bonchev–Trinajstić information content (AvgIpc) is 2.55. The van der Waals surface area contributed by atoms with Crippen molar-refractivity contribution in [3.8, 4) is 6.07 Å². The van der Waals surface area contributed by atoms with Gasteiger partial charge in [-0.25, -0.2) is 0 Å². The fourth-order valence-electron chi connectivity index (χ4n) is 2.23. The predicted molar refractivity (Wildman–Crippen MR) is 91.3 cm³/mol. The number of nitrogens with one attached hydrogen (secondary N) is 2. The van der Waals surface area contributed by atoms with Crippen LogP contribution >= 0.6 is 11.6 Å². The summed E-state index contributed by atoms with van der Waals surface area (Å²) >= 11 is 5.98. The minimum absolute atomic E-state index is 0.0841. The van der Waals surface area contributed by atoms with Crippen molar-refractivity contribution >= 4 is 23.2 Å². The summed E-state index contributed by atoms with van der Waals surface area (Å²) in [6.07, 6.45) is 0. The Kier molecular flexibility index (Phi) is 5.75. The van der Waals surface area contributed by atoms with Gasteiger partial charge in [-0.05, 0) is 25.1 Å². The molecule has 0 radical (unpaired) electrons. The van der Waals surface area contributed by atoms with Gasteiger partial charge in [0, 0.05) is 11.3 Å². The number of quaternary nitrogens is 1. The Labute approximate surface area is 141 Å². The van der Waals surface area contributed by atoms with Crippen molar-refractivity contribution in [2.24, 2.45) is 0 Å². The maximum atomic E-state index is 12.4. The summed E-state index contributed by atoms with van der Waals surface area (Å²) in [6.45, 7) is 2.66. The third kappa shape index (κ3) is 4.56. The van der Waals surface area contributed by atoms with Crippen molar-refractivity contribution in [1.82, 2.24) is 0 Å². The van der Waals surface area contributed by atoms with Crippen molar-refractivity contribution < 1.29 is 9.69 Å². The summed E-state index contributed by atoms with van der Waals surface area (Å²) in [6, 6.07) is 16.7. The number of nitriles is 1. The van der Waals surface area contributed by atoms with E-state index >= 15 is 0 Å². The highest BCUT2D eigenvalue weighted by Gasteiger charge is 2.22. The maximum Gasteiger partial charge on any atom is 0.282 e. The summed E-state index contributed by atoms with van der Waals surface area (Å²) in [7, 11) is 1.99. The van der Waals surface area contributed by atoms with Crippen LogP contribution in [0.15, 0.2) is 48.5 Å². The fraction of sp³-hybridized carbons (Fsp3) is 0.222. The van der Waals surface area contributed by atoms with E-state index in [-0.39, 0.29) is 11.9 Å². The SMILES string of the molecule is C[C@@H](C(=O)Nc1ccc(C#N)c(Cl)c1)[NH+](C)Cc1ccccc1. The smallest absolute Gasteiger partial charge is 0.282 e. The molecule has 2 rings (SSSR count). The van der Waals surface area contributed by atoms with E-state index in [1.807, 2.05) is 38.2 Å². The number of hydrogen-bond donors (Lipinski definition) is 2. The van der Waals surface area contributed by atoms with Crippen LogP contribution in [-0.2, 0) is 11.3 Å². The van der Waals surface area contributed by atoms with E-state index < -0.39 is 0 Å². The van der Waals surface area contributed by atoms with Gasteiger partial charge in [0.2, 0.25) is 0 Å². The number of carbonyl (C=O) groups excluding carboxylic acids is 1. The van der Waals surface area contributed by atoms with E-state index in [1.165, 1.54) is 5.56 Å². The Hall–Kier alpha value is -2.35. The first-order chi connectivity index (χ1) is 11.0. The molecule has 0 saturated heterocycles. The zero-order valence-corrected chi connectivity index (χ0v) is 13.9. The maximum absolute atomic E-state index is 12.4. The largest absolute Gasteiger partial charge is 0.324 e. The van der Waals surface area contributed by atoms with Gasteiger partial charge >= 0.3 is 0 Å². The number of rotatable bonds is 5. The van der Waals surface area contributed by atoms with Crippen molar-refractivity contribution in [2.75, 3.05) is 12.4 Å². The standard InChI is InChI=1S/C18H18ClN3O/c1-13(22(2)12-14-6-4-3-5-7-14)18(23)21-16-9-8-15(11-20)17(19)10-16/h3-10,13H,12H2,1-2H3,(H,21,23)/p+1/t13-/m0/s1. The van der Waals surface area contributed by atoms with Gasteiger partial charge in [-0.3, -0.25) is 4.79 Å². The molecule has 2 atom stereocenters. The quantitative estimate of drug-likeness (QED) is 0.884. The normalized spacial score (nSPS) is 13.0. The highest BCUT2D eigenvalue weighted by molar-refractivity contribution is 6.32. The van der Waals surface area contributed by atoms with Crippen LogP contribution in [0.4, 0.5) is 5.69 Å². The van der Waals surface area contributed by atoms with Crippen molar-refractivity contribution in [3.05, 3.63) is 64.7 Å². The summed E-state index contributed by atoms with van der Waals surface area (Å²) < 4.78 is 0. The topological polar surface area (TPSA) is 57.3 Å². The van der Waals surface area contributed by atoms with Gasteiger partial charge < -0.3 is 10.2 Å². The molecule has 23 heavy (non-hydrogen) atoms. The van der Waals surface area contributed by atoms with Crippen LogP contribution in [0, 0.1) is 11.3 Å². The van der Waals surface area contributed by atoms with E-state index in [0.29, 0.717) is 16.3 Å². The second kappa shape index (κ2) is 7.77. The summed E-state index contributed by atoms with van der Waals surface area (Å²) in [5.74, 6) is -0.0841. The van der Waals surface area contributed by atoms with Crippen LogP contribution in [0.1, 0.15) is 18.1 Å². The third-order valence-corrected chi connectivity index (χ3v) is 4.13. The molecule has 0 aromatic heterocycles. The number of nitrogens with zero attached hydrogens (tertiary/aromatic N) is 1. The summed E-state index contributed by atoms with van der Waals surface area (Å²) in [5, 5.41) is 12.1. The van der Waals surface area contributed by atoms with E-state index in [0.717, 1.165) is 11.4 Å². The zero-order valence-electron chi connectivity index (χ0n) is 13.1. The second-order valence-corrected chi connectivity index (χ2v) is 5.93. The molecule has 0 fully saturated rings. The van der Waals surface area contributed by atoms with Gasteiger partial charge in [-0.1, -0.05) is 41.9 Å². The average molecular weight is 329 g/mol. The first kappa shape index (κ1) is 17.0. The first-order valence-corrected chi connectivity index (χ1v) is 7.76. The Balaban J connectivity index is 1.99. The Morgan fingerprint density at radius 2 is 2.00 bits per heavy atom. The van der Waals surface area contributed by atoms with Gasteiger partial charge in [0.15, 0.2) is 6.04 Å². The molecule has 0 bridgehead atoms. The number of likely N-dealkylation sites (N-methyl/N-ethyl adjacent to an activating group) is 1. The molecule has 0 aliphatic heterocycles. The molecule has 1 amide bonds. The molecule has 2 N–H and O–H groups in total. The number of hydrogen-bond acceptors (Lipinski definition) is 2. The molecule has 0 spiro atoms. The minimum atomic E-state index is -0.218. The molecule has 0 heterocycles. The lowest BCUT2D eigenvalue weighted by molar-refractivity contribution is -0.907. The van der Waals surface area contributed by atoms with Gasteiger partial charge in [0.25, 0.3) is 5.91 Å². The molecular weight excluding hydrogens is 310 g/mol. The fourth-order valence-corrected chi connectivity index (χ4v) is 2.45. The number of halogens is 1. The van der Waals surface area contributed by atoms with Crippen LogP contribution < -0.4 is 10.2 Å². The number of anilines is 1. The van der Waals surface area contributed by atoms with Gasteiger partial charge in [-0.15, -0.1) is 0 Å². The third-order valence-electron chi connectivity index (χ3n) is 3.82. The lowest BCUT2D eigenvalue weighted by Crippen LogP contribution is -3.12. The number of carbonyl (C=O) groups is 1. The molecule has 0 aliphatic rings. The molecule has 118 valence electrons. The van der Waals surface area contributed by atoms with E-state index in [9.17, 15) is 4.79 Å². The second-order valence-electron chi connectivity index (χ2n) is 5.53. The molecule has 5 heteroatoms. The van der Waals surface area contributed by atoms with Crippen LogP contribution in [0.3, 0.4) is 0 Å². The van der Waals surface area contributed by atoms with Crippen LogP contribution in [0.25, 0.3) is 0 Å². The van der Waals surface area contributed by atoms with Crippen molar-refractivity contribution in [2.45, 2.75) is 19.5 Å². The molecule has 2 aromatic carbocycles. The van der Waals surface area contributed by atoms with Crippen LogP contribution in [0.2, 0.25) is 5.02 Å². The van der Waals surface area contributed by atoms with Gasteiger partial charge in [-0.2, -0.15) is 5.26 Å². The Bertz CT molecular complexity index is 725. The zero-order chi connectivity index (χ0) is 16.8. The van der Waals surface area contributed by atoms with Gasteiger partial charge in [0.1, 0.15) is 12.6 Å². The van der Waals surface area contributed by atoms with Crippen LogP contribution in [-0.4, -0.2) is 19.0 Å². The van der Waals surface area contributed by atoms with Crippen LogP contribution in [0.5, 0.6) is 0 Å². The lowest BCUT2D eigenvalue weighted by atomic mass is 10.1. The number of benzene rings is 2. The van der Waals surface area contributed by atoms with E-state index in [1.54, 1.807) is 18.2 Å². The minimum Gasteiger partial charge on any atom is -0.324 e. The molecular formula is C18H19ClN3O+. The highest BCUT2D eigenvalue weighted by Crippen LogP contribution is 2.20. The van der Waals surface area contributed by atoms with Crippen molar-refractivity contribution in [1.29, 1.82) is 5.26 Å².